The first-order valence-electron chi connectivity index (χ1n) is 6.75. The van der Waals surface area contributed by atoms with Crippen molar-refractivity contribution >= 4 is 21.4 Å². The average Bonchev–Trinajstić information content (AvgIpc) is 2.53. The molecule has 3 nitrogen and oxygen atoms in total. The van der Waals surface area contributed by atoms with Gasteiger partial charge in [0, 0.05) is 5.02 Å². The Morgan fingerprint density at radius 3 is 2.36 bits per heavy atom. The SMILES string of the molecule is C=CCC(CO)(c1cccc(Cl)c1)S(=O)(=O)c1ccccc1. The summed E-state index contributed by atoms with van der Waals surface area (Å²) in [6.07, 6.45) is 1.58. The number of allylic oxidation sites excluding steroid dienone is 1. The molecule has 0 aliphatic heterocycles. The largest absolute Gasteiger partial charge is 0.394 e. The lowest BCUT2D eigenvalue weighted by Gasteiger charge is -2.31. The molecule has 0 saturated heterocycles. The Bertz CT molecular complexity index is 756. The summed E-state index contributed by atoms with van der Waals surface area (Å²) in [6, 6.07) is 14.7. The van der Waals surface area contributed by atoms with E-state index in [1.807, 2.05) is 0 Å². The van der Waals surface area contributed by atoms with Crippen LogP contribution in [0.5, 0.6) is 0 Å². The molecule has 0 heterocycles. The van der Waals surface area contributed by atoms with Crippen molar-refractivity contribution in [1.29, 1.82) is 0 Å². The van der Waals surface area contributed by atoms with Crippen LogP contribution in [0.15, 0.2) is 72.1 Å². The van der Waals surface area contributed by atoms with Crippen molar-refractivity contribution < 1.29 is 13.5 Å². The topological polar surface area (TPSA) is 54.4 Å². The molecule has 0 radical (unpaired) electrons. The fourth-order valence-corrected chi connectivity index (χ4v) is 4.56. The number of benzene rings is 2. The summed E-state index contributed by atoms with van der Waals surface area (Å²) in [6.45, 7) is 3.08. The highest BCUT2D eigenvalue weighted by Gasteiger charge is 2.45. The van der Waals surface area contributed by atoms with E-state index >= 15 is 0 Å². The number of halogens is 1. The predicted octanol–water partition coefficient (Wildman–Crippen LogP) is 3.58. The molecule has 0 aromatic heterocycles. The van der Waals surface area contributed by atoms with Crippen molar-refractivity contribution in [3.8, 4) is 0 Å². The smallest absolute Gasteiger partial charge is 0.190 e. The van der Waals surface area contributed by atoms with E-state index in [0.717, 1.165) is 0 Å². The molecule has 0 aliphatic rings. The van der Waals surface area contributed by atoms with Crippen LogP contribution in [0.25, 0.3) is 0 Å². The van der Waals surface area contributed by atoms with Crippen molar-refractivity contribution in [3.05, 3.63) is 77.8 Å². The molecule has 1 unspecified atom stereocenters. The molecule has 2 aromatic rings. The van der Waals surface area contributed by atoms with Gasteiger partial charge in [-0.15, -0.1) is 6.58 Å². The highest BCUT2D eigenvalue weighted by molar-refractivity contribution is 7.92. The van der Waals surface area contributed by atoms with Crippen molar-refractivity contribution in [1.82, 2.24) is 0 Å². The maximum atomic E-state index is 13.1. The van der Waals surface area contributed by atoms with Crippen LogP contribution in [-0.2, 0) is 14.6 Å². The Hall–Kier alpha value is -1.62. The molecule has 0 saturated carbocycles. The number of hydrogen-bond acceptors (Lipinski definition) is 3. The maximum Gasteiger partial charge on any atom is 0.190 e. The summed E-state index contributed by atoms with van der Waals surface area (Å²) in [4.78, 5) is 0.158. The van der Waals surface area contributed by atoms with Crippen LogP contribution in [0, 0.1) is 0 Å². The summed E-state index contributed by atoms with van der Waals surface area (Å²) < 4.78 is 24.8. The predicted molar refractivity (Wildman–Crippen MR) is 88.7 cm³/mol. The number of sulfone groups is 1. The highest BCUT2D eigenvalue weighted by Crippen LogP contribution is 2.39. The van der Waals surface area contributed by atoms with Gasteiger partial charge in [-0.05, 0) is 36.2 Å². The van der Waals surface area contributed by atoms with E-state index in [4.69, 9.17) is 11.6 Å². The number of hydrogen-bond donors (Lipinski definition) is 1. The van der Waals surface area contributed by atoms with Crippen molar-refractivity contribution in [2.45, 2.75) is 16.1 Å². The Labute approximate surface area is 135 Å². The second-order valence-electron chi connectivity index (χ2n) is 4.97. The zero-order chi connectivity index (χ0) is 16.2. The van der Waals surface area contributed by atoms with Gasteiger partial charge in [0.25, 0.3) is 0 Å². The van der Waals surface area contributed by atoms with Gasteiger partial charge in [0.15, 0.2) is 9.84 Å². The first-order chi connectivity index (χ1) is 10.5. The molecule has 5 heteroatoms. The Morgan fingerprint density at radius 2 is 1.82 bits per heavy atom. The third-order valence-electron chi connectivity index (χ3n) is 3.65. The minimum absolute atomic E-state index is 0.0844. The van der Waals surface area contributed by atoms with Gasteiger partial charge in [-0.2, -0.15) is 0 Å². The van der Waals surface area contributed by atoms with E-state index in [9.17, 15) is 13.5 Å². The fraction of sp³-hybridized carbons (Fsp3) is 0.176. The van der Waals surface area contributed by atoms with Gasteiger partial charge in [-0.1, -0.05) is 48.0 Å². The lowest BCUT2D eigenvalue weighted by Crippen LogP contribution is -2.39. The first-order valence-corrected chi connectivity index (χ1v) is 8.61. The van der Waals surface area contributed by atoms with Gasteiger partial charge >= 0.3 is 0 Å². The normalized spacial score (nSPS) is 14.3. The zero-order valence-corrected chi connectivity index (χ0v) is 13.5. The van der Waals surface area contributed by atoms with Gasteiger partial charge < -0.3 is 5.11 Å². The van der Waals surface area contributed by atoms with Gasteiger partial charge in [0.2, 0.25) is 0 Å². The third-order valence-corrected chi connectivity index (χ3v) is 6.34. The van der Waals surface area contributed by atoms with E-state index in [2.05, 4.69) is 6.58 Å². The Balaban J connectivity index is 2.72. The zero-order valence-electron chi connectivity index (χ0n) is 11.9. The average molecular weight is 337 g/mol. The minimum Gasteiger partial charge on any atom is -0.394 e. The molecule has 0 spiro atoms. The molecule has 2 aromatic carbocycles. The van der Waals surface area contributed by atoms with Gasteiger partial charge in [0.1, 0.15) is 4.75 Å². The van der Waals surface area contributed by atoms with Crippen LogP contribution in [0.4, 0.5) is 0 Å². The molecule has 1 N–H and O–H groups in total. The first kappa shape index (κ1) is 16.7. The summed E-state index contributed by atoms with van der Waals surface area (Å²) in [5.74, 6) is 0. The molecule has 0 aliphatic carbocycles. The van der Waals surface area contributed by atoms with Crippen LogP contribution in [-0.4, -0.2) is 20.1 Å². The molecular weight excluding hydrogens is 320 g/mol. The third kappa shape index (κ3) is 2.82. The fourth-order valence-electron chi connectivity index (χ4n) is 2.45. The quantitative estimate of drug-likeness (QED) is 0.820. The molecule has 0 amide bonds. The van der Waals surface area contributed by atoms with Crippen LogP contribution in [0.1, 0.15) is 12.0 Å². The van der Waals surface area contributed by atoms with Crippen LogP contribution < -0.4 is 0 Å². The van der Waals surface area contributed by atoms with E-state index in [1.54, 1.807) is 42.5 Å². The maximum absolute atomic E-state index is 13.1. The monoisotopic (exact) mass is 336 g/mol. The molecule has 0 bridgehead atoms. The van der Waals surface area contributed by atoms with E-state index in [1.165, 1.54) is 18.2 Å². The standard InChI is InChI=1S/C17H17ClO3S/c1-2-11-17(13-19,14-7-6-8-15(18)12-14)22(20,21)16-9-4-3-5-10-16/h2-10,12,19H,1,11,13H2. The molecule has 2 rings (SSSR count). The van der Waals surface area contributed by atoms with E-state index < -0.39 is 21.2 Å². The van der Waals surface area contributed by atoms with E-state index in [-0.39, 0.29) is 11.3 Å². The number of rotatable bonds is 6. The van der Waals surface area contributed by atoms with Crippen LogP contribution in [0.2, 0.25) is 5.02 Å². The van der Waals surface area contributed by atoms with Crippen LogP contribution >= 0.6 is 11.6 Å². The summed E-state index contributed by atoms with van der Waals surface area (Å²) in [5, 5.41) is 10.4. The lowest BCUT2D eigenvalue weighted by molar-refractivity contribution is 0.241. The Morgan fingerprint density at radius 1 is 1.14 bits per heavy atom. The highest BCUT2D eigenvalue weighted by atomic mass is 35.5. The molecular formula is C17H17ClO3S. The van der Waals surface area contributed by atoms with Gasteiger partial charge in [-0.25, -0.2) is 8.42 Å². The summed E-state index contributed by atoms with van der Waals surface area (Å²) in [7, 11) is -3.82. The molecule has 1 atom stereocenters. The minimum atomic E-state index is -3.82. The lowest BCUT2D eigenvalue weighted by atomic mass is 9.95. The van der Waals surface area contributed by atoms with Crippen molar-refractivity contribution in [2.24, 2.45) is 0 Å². The molecule has 116 valence electrons. The van der Waals surface area contributed by atoms with Gasteiger partial charge in [-0.3, -0.25) is 0 Å². The summed E-state index contributed by atoms with van der Waals surface area (Å²) in [5.41, 5.74) is 0.450. The second kappa shape index (κ2) is 6.65. The Kier molecular flexibility index (Phi) is 5.06. The molecule has 0 fully saturated rings. The van der Waals surface area contributed by atoms with Gasteiger partial charge in [0.05, 0.1) is 11.5 Å². The number of aliphatic hydroxyl groups is 1. The molecule has 22 heavy (non-hydrogen) atoms. The van der Waals surface area contributed by atoms with E-state index in [0.29, 0.717) is 10.6 Å². The second-order valence-corrected chi connectivity index (χ2v) is 7.67. The van der Waals surface area contributed by atoms with Crippen molar-refractivity contribution in [3.63, 3.8) is 0 Å². The number of aliphatic hydroxyl groups excluding tert-OH is 1. The summed E-state index contributed by atoms with van der Waals surface area (Å²) >= 11 is 6.00. The van der Waals surface area contributed by atoms with Crippen molar-refractivity contribution in [2.75, 3.05) is 6.61 Å². The van der Waals surface area contributed by atoms with Crippen LogP contribution in [0.3, 0.4) is 0 Å².